The predicted octanol–water partition coefficient (Wildman–Crippen LogP) is 21.6. The lowest BCUT2D eigenvalue weighted by Crippen LogP contribution is -2.28. The molecular weight excluding hydrogens is 1010 g/mol. The summed E-state index contributed by atoms with van der Waals surface area (Å²) in [5, 5.41) is 2.51. The molecule has 1 aromatic heterocycles. The van der Waals surface area contributed by atoms with E-state index in [0.717, 1.165) is 17.1 Å². The Balaban J connectivity index is 0.786. The fraction of sp³-hybridized carbons (Fsp3) is 0.0488. The second-order valence-electron chi connectivity index (χ2n) is 23.2. The van der Waals surface area contributed by atoms with Gasteiger partial charge < -0.3 is 9.47 Å². The Morgan fingerprint density at radius 3 is 1.33 bits per heavy atom. The second-order valence-corrected chi connectivity index (χ2v) is 23.2. The molecular formula is C82H58N2. The molecule has 13 aromatic carbocycles. The van der Waals surface area contributed by atoms with Crippen molar-refractivity contribution in [2.45, 2.75) is 24.7 Å². The van der Waals surface area contributed by atoms with Gasteiger partial charge in [0.2, 0.25) is 0 Å². The molecule has 0 unspecified atom stereocenters. The lowest BCUT2D eigenvalue weighted by Gasteiger charge is -2.34. The van der Waals surface area contributed by atoms with Crippen LogP contribution >= 0.6 is 0 Å². The molecule has 0 atom stereocenters. The number of hydrogen-bond acceptors (Lipinski definition) is 1. The van der Waals surface area contributed by atoms with Crippen LogP contribution in [-0.2, 0) is 10.8 Å². The van der Waals surface area contributed by atoms with Crippen LogP contribution in [0.3, 0.4) is 0 Å². The lowest BCUT2D eigenvalue weighted by molar-refractivity contribution is 0.660. The molecule has 0 saturated carbocycles. The molecule has 1 heterocycles. The number of para-hydroxylation sites is 2. The maximum Gasteiger partial charge on any atom is 0.0713 e. The molecule has 0 N–H and O–H groups in total. The van der Waals surface area contributed by atoms with Gasteiger partial charge in [0.1, 0.15) is 0 Å². The van der Waals surface area contributed by atoms with Gasteiger partial charge in [0.15, 0.2) is 0 Å². The second kappa shape index (κ2) is 19.6. The quantitative estimate of drug-likeness (QED) is 0.133. The maximum atomic E-state index is 2.48. The summed E-state index contributed by atoms with van der Waals surface area (Å²) < 4.78 is 2.38. The van der Waals surface area contributed by atoms with Crippen LogP contribution in [-0.4, -0.2) is 4.57 Å². The van der Waals surface area contributed by atoms with E-state index in [1.54, 1.807) is 0 Å². The number of nitrogens with zero attached hydrogens (tertiary/aromatic N) is 2. The molecule has 2 aliphatic carbocycles. The minimum absolute atomic E-state index is 0.253. The van der Waals surface area contributed by atoms with E-state index < -0.39 is 5.41 Å². The Labute approximate surface area is 491 Å². The first-order valence-corrected chi connectivity index (χ1v) is 29.3. The van der Waals surface area contributed by atoms with Gasteiger partial charge >= 0.3 is 0 Å². The highest BCUT2D eigenvalue weighted by molar-refractivity contribution is 6.10. The molecule has 84 heavy (non-hydrogen) atoms. The van der Waals surface area contributed by atoms with Crippen LogP contribution < -0.4 is 4.90 Å². The zero-order valence-electron chi connectivity index (χ0n) is 46.9. The SMILES string of the molecule is CC1(C)c2cc(-c3ccc(-c4ccccc4)cc3)ccc2-c2ccc(N(c3ccc(-c4ccc(-c5ccc6c(c5)c5ccccc5n6-c5ccccc5)cc4)cc3)c3ccc4c(c3)-c3ccccc3C4(c3ccccc3)c3ccccc3)cc21. The van der Waals surface area contributed by atoms with Crippen molar-refractivity contribution >= 4 is 38.9 Å². The number of fused-ring (bicyclic) bond motifs is 9. The van der Waals surface area contributed by atoms with Crippen molar-refractivity contribution in [2.75, 3.05) is 4.90 Å². The van der Waals surface area contributed by atoms with Crippen LogP contribution in [0.1, 0.15) is 47.2 Å². The zero-order valence-corrected chi connectivity index (χ0v) is 46.9. The Kier molecular flexibility index (Phi) is 11.5. The molecule has 0 radical (unpaired) electrons. The van der Waals surface area contributed by atoms with Gasteiger partial charge in [-0.15, -0.1) is 0 Å². The van der Waals surface area contributed by atoms with Gasteiger partial charge in [0.05, 0.1) is 16.4 Å². The van der Waals surface area contributed by atoms with E-state index in [1.807, 2.05) is 0 Å². The highest BCUT2D eigenvalue weighted by Gasteiger charge is 2.46. The Hall–Kier alpha value is -10.5. The van der Waals surface area contributed by atoms with Crippen molar-refractivity contribution in [2.24, 2.45) is 0 Å². The van der Waals surface area contributed by atoms with E-state index in [9.17, 15) is 0 Å². The first-order chi connectivity index (χ1) is 41.4. The maximum absolute atomic E-state index is 2.48. The molecule has 2 nitrogen and oxygen atoms in total. The molecule has 0 fully saturated rings. The first kappa shape index (κ1) is 49.3. The van der Waals surface area contributed by atoms with Gasteiger partial charge in [-0.3, -0.25) is 0 Å². The van der Waals surface area contributed by atoms with E-state index >= 15 is 0 Å². The van der Waals surface area contributed by atoms with E-state index in [2.05, 4.69) is 339 Å². The molecule has 2 heteroatoms. The van der Waals surface area contributed by atoms with Crippen LogP contribution in [0, 0.1) is 0 Å². The zero-order chi connectivity index (χ0) is 55.9. The van der Waals surface area contributed by atoms with Crippen molar-refractivity contribution in [3.8, 4) is 72.4 Å². The average Bonchev–Trinajstić information content (AvgIpc) is 2.64. The van der Waals surface area contributed by atoms with Gasteiger partial charge in [0.25, 0.3) is 0 Å². The average molecular weight is 1070 g/mol. The highest BCUT2D eigenvalue weighted by atomic mass is 15.1. The van der Waals surface area contributed by atoms with Crippen molar-refractivity contribution in [3.05, 3.63) is 349 Å². The molecule has 0 saturated heterocycles. The minimum atomic E-state index is -0.489. The Bertz CT molecular complexity index is 4770. The standard InChI is InChI=1S/C82H58N2/c1-81(2)77-52-62(60-37-31-56(32-38-60)55-19-7-3-8-20-55)41-47-70(77)71-48-45-68(54-78(71)81)83(67-46-49-76-73(53-67)69-27-15-17-29-75(69)82(76,63-21-9-4-10-22-63)64-23-11-5-12-24-64)66-43-39-58(40-44-66)57-33-35-59(36-34-57)61-42-50-80-74(51-61)72-28-16-18-30-79(72)84(80)65-25-13-6-14-26-65/h3-54H,1-2H3. The predicted molar refractivity (Wildman–Crippen MR) is 352 cm³/mol. The number of benzene rings is 13. The third kappa shape index (κ3) is 7.79. The summed E-state index contributed by atoms with van der Waals surface area (Å²) >= 11 is 0. The summed E-state index contributed by atoms with van der Waals surface area (Å²) in [5.74, 6) is 0. The number of hydrogen-bond donors (Lipinski definition) is 0. The van der Waals surface area contributed by atoms with Gasteiger partial charge in [-0.05, 0) is 173 Å². The third-order valence-electron chi connectivity index (χ3n) is 18.3. The smallest absolute Gasteiger partial charge is 0.0713 e. The van der Waals surface area contributed by atoms with Crippen molar-refractivity contribution < 1.29 is 0 Å². The minimum Gasteiger partial charge on any atom is -0.310 e. The summed E-state index contributed by atoms with van der Waals surface area (Å²) in [5.41, 5.74) is 28.7. The molecule has 0 aliphatic heterocycles. The van der Waals surface area contributed by atoms with Crippen molar-refractivity contribution in [3.63, 3.8) is 0 Å². The van der Waals surface area contributed by atoms with Gasteiger partial charge in [0, 0.05) is 38.9 Å². The summed E-state index contributed by atoms with van der Waals surface area (Å²) in [6, 6.07) is 117. The number of aromatic nitrogens is 1. The number of rotatable bonds is 10. The summed E-state index contributed by atoms with van der Waals surface area (Å²) in [6.45, 7) is 4.80. The summed E-state index contributed by atoms with van der Waals surface area (Å²) in [4.78, 5) is 2.48. The molecule has 0 bridgehead atoms. The Morgan fingerprint density at radius 2 is 0.679 bits per heavy atom. The van der Waals surface area contributed by atoms with Gasteiger partial charge in [-0.1, -0.05) is 257 Å². The van der Waals surface area contributed by atoms with Crippen molar-refractivity contribution in [1.82, 2.24) is 4.57 Å². The normalized spacial score (nSPS) is 13.3. The molecule has 16 rings (SSSR count). The van der Waals surface area contributed by atoms with Crippen LogP contribution in [0.2, 0.25) is 0 Å². The largest absolute Gasteiger partial charge is 0.310 e. The topological polar surface area (TPSA) is 8.17 Å². The highest BCUT2D eigenvalue weighted by Crippen LogP contribution is 2.58. The first-order valence-electron chi connectivity index (χ1n) is 29.3. The molecule has 0 amide bonds. The third-order valence-corrected chi connectivity index (χ3v) is 18.3. The van der Waals surface area contributed by atoms with E-state index in [-0.39, 0.29) is 5.41 Å². The molecule has 2 aliphatic rings. The Morgan fingerprint density at radius 1 is 0.262 bits per heavy atom. The van der Waals surface area contributed by atoms with E-state index in [1.165, 1.54) is 128 Å². The van der Waals surface area contributed by atoms with Gasteiger partial charge in [-0.25, -0.2) is 0 Å². The summed E-state index contributed by atoms with van der Waals surface area (Å²) in [7, 11) is 0. The van der Waals surface area contributed by atoms with E-state index in [0.29, 0.717) is 0 Å². The fourth-order valence-electron chi connectivity index (χ4n) is 14.2. The molecule has 14 aromatic rings. The van der Waals surface area contributed by atoms with E-state index in [4.69, 9.17) is 0 Å². The lowest BCUT2D eigenvalue weighted by atomic mass is 9.68. The van der Waals surface area contributed by atoms with Crippen molar-refractivity contribution in [1.29, 1.82) is 0 Å². The summed E-state index contributed by atoms with van der Waals surface area (Å²) in [6.07, 6.45) is 0. The molecule has 396 valence electrons. The van der Waals surface area contributed by atoms with Crippen LogP contribution in [0.15, 0.2) is 315 Å². The van der Waals surface area contributed by atoms with Gasteiger partial charge in [-0.2, -0.15) is 0 Å². The fourth-order valence-corrected chi connectivity index (χ4v) is 14.2. The molecule has 0 spiro atoms. The van der Waals surface area contributed by atoms with Crippen LogP contribution in [0.25, 0.3) is 94.3 Å². The number of anilines is 3. The van der Waals surface area contributed by atoms with Crippen LogP contribution in [0.5, 0.6) is 0 Å². The van der Waals surface area contributed by atoms with Crippen LogP contribution in [0.4, 0.5) is 17.1 Å². The monoisotopic (exact) mass is 1070 g/mol.